The first-order valence-corrected chi connectivity index (χ1v) is 9.12. The first kappa shape index (κ1) is 17.4. The highest BCUT2D eigenvalue weighted by Crippen LogP contribution is 2.32. The Balaban J connectivity index is 1.49. The van der Waals surface area contributed by atoms with Gasteiger partial charge in [-0.2, -0.15) is 5.10 Å². The summed E-state index contributed by atoms with van der Waals surface area (Å²) in [6.45, 7) is 3.77. The highest BCUT2D eigenvalue weighted by molar-refractivity contribution is 6.02. The fourth-order valence-corrected chi connectivity index (χ4v) is 3.43. The van der Waals surface area contributed by atoms with Crippen molar-refractivity contribution >= 4 is 11.7 Å². The number of pyridine rings is 2. The lowest BCUT2D eigenvalue weighted by atomic mass is 10.1. The number of H-pyrrole nitrogens is 1. The molecule has 1 aliphatic heterocycles. The van der Waals surface area contributed by atoms with E-state index in [2.05, 4.69) is 30.4 Å². The zero-order valence-electron chi connectivity index (χ0n) is 15.2. The summed E-state index contributed by atoms with van der Waals surface area (Å²) in [7, 11) is 0. The summed E-state index contributed by atoms with van der Waals surface area (Å²) >= 11 is 0. The minimum Gasteiger partial charge on any atom is -0.305 e. The molecule has 0 bridgehead atoms. The third kappa shape index (κ3) is 4.03. The molecule has 7 heteroatoms. The molecule has 3 aromatic rings. The van der Waals surface area contributed by atoms with Crippen LogP contribution in [0.4, 0.5) is 5.82 Å². The maximum Gasteiger partial charge on any atom is 0.275 e. The number of aromatic nitrogens is 4. The Morgan fingerprint density at radius 3 is 3.00 bits per heavy atom. The van der Waals surface area contributed by atoms with Crippen LogP contribution in [0.5, 0.6) is 0 Å². The molecule has 3 aromatic heterocycles. The smallest absolute Gasteiger partial charge is 0.275 e. The van der Waals surface area contributed by atoms with Gasteiger partial charge in [-0.15, -0.1) is 0 Å². The van der Waals surface area contributed by atoms with E-state index in [1.165, 1.54) is 0 Å². The van der Waals surface area contributed by atoms with E-state index in [0.717, 1.165) is 42.9 Å². The number of aryl methyl sites for hydroxylation is 1. The number of rotatable bonds is 5. The summed E-state index contributed by atoms with van der Waals surface area (Å²) in [6.07, 6.45) is 5.64. The number of nitrogens with one attached hydrogen (secondary N) is 2. The Labute approximate surface area is 157 Å². The lowest BCUT2D eigenvalue weighted by molar-refractivity contribution is 0.102. The number of hydrogen-bond acceptors (Lipinski definition) is 5. The van der Waals surface area contributed by atoms with Gasteiger partial charge in [0.25, 0.3) is 5.91 Å². The van der Waals surface area contributed by atoms with E-state index in [4.69, 9.17) is 0 Å². The van der Waals surface area contributed by atoms with Crippen molar-refractivity contribution in [3.8, 4) is 0 Å². The second kappa shape index (κ2) is 7.67. The number of carbonyl (C=O) groups excluding carboxylic acids is 1. The van der Waals surface area contributed by atoms with Gasteiger partial charge < -0.3 is 5.32 Å². The van der Waals surface area contributed by atoms with Crippen molar-refractivity contribution in [3.63, 3.8) is 0 Å². The van der Waals surface area contributed by atoms with Gasteiger partial charge in [0.2, 0.25) is 0 Å². The maximum atomic E-state index is 12.6. The monoisotopic (exact) mass is 362 g/mol. The Morgan fingerprint density at radius 1 is 1.30 bits per heavy atom. The molecule has 0 spiro atoms. The van der Waals surface area contributed by atoms with Gasteiger partial charge in [0.05, 0.1) is 11.7 Å². The molecular formula is C20H22N6O. The minimum atomic E-state index is -0.244. The van der Waals surface area contributed by atoms with Crippen LogP contribution in [0, 0.1) is 6.92 Å². The topological polar surface area (TPSA) is 86.8 Å². The average Bonchev–Trinajstić information content (AvgIpc) is 3.36. The van der Waals surface area contributed by atoms with Crippen LogP contribution in [0.2, 0.25) is 0 Å². The van der Waals surface area contributed by atoms with Crippen LogP contribution < -0.4 is 5.32 Å². The largest absolute Gasteiger partial charge is 0.305 e. The summed E-state index contributed by atoms with van der Waals surface area (Å²) in [5.41, 5.74) is 3.47. The van der Waals surface area contributed by atoms with Gasteiger partial charge in [0.15, 0.2) is 0 Å². The number of carbonyl (C=O) groups is 1. The standard InChI is InChI=1S/C20H22N6O/c1-14-7-8-19(21-12-14)24-20(27)17-5-2-4-16(23-17)18-6-3-11-26(18)13-15-9-10-22-25-15/h2,4-5,7-10,12,18H,3,6,11,13H2,1H3,(H,22,25)(H,21,24,27). The molecule has 1 amide bonds. The van der Waals surface area contributed by atoms with Gasteiger partial charge in [-0.05, 0) is 56.1 Å². The Bertz CT molecular complexity index is 906. The molecule has 27 heavy (non-hydrogen) atoms. The molecule has 0 saturated carbocycles. The second-order valence-corrected chi connectivity index (χ2v) is 6.83. The number of aromatic amines is 1. The van der Waals surface area contributed by atoms with Gasteiger partial charge >= 0.3 is 0 Å². The van der Waals surface area contributed by atoms with Crippen LogP contribution in [0.1, 0.15) is 46.3 Å². The molecule has 0 aromatic carbocycles. The summed E-state index contributed by atoms with van der Waals surface area (Å²) in [5.74, 6) is 0.283. The molecule has 7 nitrogen and oxygen atoms in total. The average molecular weight is 362 g/mol. The molecule has 4 heterocycles. The third-order valence-corrected chi connectivity index (χ3v) is 4.79. The van der Waals surface area contributed by atoms with Gasteiger partial charge in [-0.1, -0.05) is 12.1 Å². The Morgan fingerprint density at radius 2 is 2.22 bits per heavy atom. The van der Waals surface area contributed by atoms with E-state index < -0.39 is 0 Å². The van der Waals surface area contributed by atoms with E-state index in [1.54, 1.807) is 24.5 Å². The maximum absolute atomic E-state index is 12.6. The fourth-order valence-electron chi connectivity index (χ4n) is 3.43. The number of anilines is 1. The van der Waals surface area contributed by atoms with E-state index in [0.29, 0.717) is 11.5 Å². The van der Waals surface area contributed by atoms with Gasteiger partial charge in [0.1, 0.15) is 11.5 Å². The van der Waals surface area contributed by atoms with Crippen molar-refractivity contribution in [2.75, 3.05) is 11.9 Å². The zero-order valence-corrected chi connectivity index (χ0v) is 15.2. The molecule has 138 valence electrons. The summed E-state index contributed by atoms with van der Waals surface area (Å²) in [4.78, 5) is 23.8. The molecule has 4 rings (SSSR count). The normalized spacial score (nSPS) is 17.1. The Hall–Kier alpha value is -3.06. The second-order valence-electron chi connectivity index (χ2n) is 6.83. The molecular weight excluding hydrogens is 340 g/mol. The first-order chi connectivity index (χ1) is 13.2. The zero-order chi connectivity index (χ0) is 18.6. The van der Waals surface area contributed by atoms with Crippen LogP contribution in [0.3, 0.4) is 0 Å². The van der Waals surface area contributed by atoms with Crippen molar-refractivity contribution in [3.05, 3.63) is 71.4 Å². The van der Waals surface area contributed by atoms with Gasteiger partial charge in [0, 0.05) is 24.6 Å². The number of hydrogen-bond donors (Lipinski definition) is 2. The third-order valence-electron chi connectivity index (χ3n) is 4.79. The van der Waals surface area contributed by atoms with Crippen molar-refractivity contribution in [1.82, 2.24) is 25.1 Å². The van der Waals surface area contributed by atoms with Crippen molar-refractivity contribution in [1.29, 1.82) is 0 Å². The minimum absolute atomic E-state index is 0.207. The summed E-state index contributed by atoms with van der Waals surface area (Å²) in [6, 6.07) is 11.5. The Kier molecular flexibility index (Phi) is 4.93. The highest BCUT2D eigenvalue weighted by atomic mass is 16.1. The van der Waals surface area contributed by atoms with Crippen LogP contribution in [0.15, 0.2) is 48.8 Å². The predicted molar refractivity (Wildman–Crippen MR) is 102 cm³/mol. The quantitative estimate of drug-likeness (QED) is 0.728. The van der Waals surface area contributed by atoms with Crippen LogP contribution in [-0.4, -0.2) is 37.5 Å². The molecule has 2 N–H and O–H groups in total. The molecule has 1 fully saturated rings. The van der Waals surface area contributed by atoms with Crippen LogP contribution >= 0.6 is 0 Å². The van der Waals surface area contributed by atoms with Crippen LogP contribution in [-0.2, 0) is 6.54 Å². The van der Waals surface area contributed by atoms with Crippen molar-refractivity contribution < 1.29 is 4.79 Å². The van der Waals surface area contributed by atoms with E-state index in [-0.39, 0.29) is 11.9 Å². The molecule has 1 aliphatic rings. The van der Waals surface area contributed by atoms with Crippen molar-refractivity contribution in [2.45, 2.75) is 32.4 Å². The fraction of sp³-hybridized carbons (Fsp3) is 0.300. The SMILES string of the molecule is Cc1ccc(NC(=O)c2cccc(C3CCCN3Cc3ccn[nH]3)n2)nc1. The number of likely N-dealkylation sites (tertiary alicyclic amines) is 1. The summed E-state index contributed by atoms with van der Waals surface area (Å²) < 4.78 is 0. The molecule has 1 unspecified atom stereocenters. The molecule has 1 atom stereocenters. The van der Waals surface area contributed by atoms with E-state index in [1.807, 2.05) is 31.2 Å². The van der Waals surface area contributed by atoms with E-state index >= 15 is 0 Å². The molecule has 0 aliphatic carbocycles. The van der Waals surface area contributed by atoms with E-state index in [9.17, 15) is 4.79 Å². The first-order valence-electron chi connectivity index (χ1n) is 9.12. The van der Waals surface area contributed by atoms with Gasteiger partial charge in [-0.3, -0.25) is 14.8 Å². The number of nitrogens with zero attached hydrogens (tertiary/aromatic N) is 4. The lowest BCUT2D eigenvalue weighted by Crippen LogP contribution is -2.24. The highest BCUT2D eigenvalue weighted by Gasteiger charge is 2.27. The number of amides is 1. The molecule has 0 radical (unpaired) electrons. The predicted octanol–water partition coefficient (Wildman–Crippen LogP) is 3.10. The summed E-state index contributed by atoms with van der Waals surface area (Å²) in [5, 5.41) is 9.84. The van der Waals surface area contributed by atoms with Crippen molar-refractivity contribution in [2.24, 2.45) is 0 Å². The van der Waals surface area contributed by atoms with Gasteiger partial charge in [-0.25, -0.2) is 9.97 Å². The van der Waals surface area contributed by atoms with Crippen LogP contribution in [0.25, 0.3) is 0 Å². The lowest BCUT2D eigenvalue weighted by Gasteiger charge is -2.23. The molecule has 1 saturated heterocycles.